The monoisotopic (exact) mass is 487 g/mol. The van der Waals surface area contributed by atoms with Gasteiger partial charge < -0.3 is 0 Å². The lowest BCUT2D eigenvalue weighted by Crippen LogP contribution is -2.00. The highest BCUT2D eigenvalue weighted by Crippen LogP contribution is 2.43. The van der Waals surface area contributed by atoms with E-state index in [0.29, 0.717) is 16.6 Å². The summed E-state index contributed by atoms with van der Waals surface area (Å²) in [5.41, 5.74) is 2.13. The predicted octanol–water partition coefficient (Wildman–Crippen LogP) is 9.23. The second-order valence-electron chi connectivity index (χ2n) is 8.55. The molecule has 7 rings (SSSR count). The third-order valence-electron chi connectivity index (χ3n) is 6.50. The topological polar surface area (TPSA) is 17.8 Å². The molecule has 1 aromatic heterocycles. The zero-order valence-electron chi connectivity index (χ0n) is 32.4. The maximum Gasteiger partial charge on any atom is 0.114 e. The Kier molecular flexibility index (Phi) is 2.85. The van der Waals surface area contributed by atoms with Gasteiger partial charge in [-0.25, -0.2) is 4.98 Å². The molecule has 0 N–H and O–H groups in total. The number of benzene rings is 6. The van der Waals surface area contributed by atoms with Crippen LogP contribution in [0.1, 0.15) is 30.5 Å². The van der Waals surface area contributed by atoms with Gasteiger partial charge in [0.15, 0.2) is 0 Å². The highest BCUT2D eigenvalue weighted by atomic mass is 15.1. The van der Waals surface area contributed by atoms with Crippen LogP contribution in [-0.2, 0) is 6.37 Å². The zero-order valence-corrected chi connectivity index (χ0v) is 19.4. The van der Waals surface area contributed by atoms with Gasteiger partial charge >= 0.3 is 0 Å². The number of aromatic nitrogens is 2. The van der Waals surface area contributed by atoms with Crippen LogP contribution in [0.2, 0.25) is 0 Å². The maximum atomic E-state index is 9.15. The third kappa shape index (κ3) is 3.45. The molecule has 0 saturated carbocycles. The van der Waals surface area contributed by atoms with E-state index in [1.807, 2.05) is 0 Å². The van der Waals surface area contributed by atoms with Crippen molar-refractivity contribution in [2.45, 2.75) is 13.2 Å². The van der Waals surface area contributed by atoms with E-state index in [-0.39, 0.29) is 61.8 Å². The first kappa shape index (κ1) is 12.0. The van der Waals surface area contributed by atoms with Gasteiger partial charge in [-0.3, -0.25) is 4.57 Å². The summed E-state index contributed by atoms with van der Waals surface area (Å²) in [6.07, 6.45) is -2.89. The Morgan fingerprint density at radius 2 is 1.30 bits per heavy atom. The Hall–Kier alpha value is -4.69. The lowest BCUT2D eigenvalue weighted by molar-refractivity contribution is 0.908. The molecule has 6 aromatic carbocycles. The molecule has 0 bridgehead atoms. The first-order valence-electron chi connectivity index (χ1n) is 18.2. The van der Waals surface area contributed by atoms with E-state index in [1.54, 1.807) is 78.9 Å². The summed E-state index contributed by atoms with van der Waals surface area (Å²) in [5, 5.41) is 0.177. The Bertz CT molecular complexity index is 2460. The van der Waals surface area contributed by atoms with Crippen LogP contribution in [0, 0.1) is 0 Å². The van der Waals surface area contributed by atoms with E-state index >= 15 is 0 Å². The van der Waals surface area contributed by atoms with E-state index < -0.39 is 49.5 Å². The van der Waals surface area contributed by atoms with E-state index in [2.05, 4.69) is 4.98 Å². The summed E-state index contributed by atoms with van der Waals surface area (Å²) in [6, 6.07) is 18.1. The molecule has 0 fully saturated rings. The minimum absolute atomic E-state index is 0.0260. The molecule has 0 amide bonds. The fourth-order valence-corrected chi connectivity index (χ4v) is 4.98. The van der Waals surface area contributed by atoms with Crippen LogP contribution in [0.25, 0.3) is 60.5 Å². The average molecular weight is 488 g/mol. The minimum Gasteiger partial charge on any atom is -0.296 e. The second kappa shape index (κ2) is 8.76. The molecule has 0 aliphatic carbocycles. The Labute approximate surface area is 234 Å². The second-order valence-corrected chi connectivity index (χ2v) is 8.55. The molecule has 1 heterocycles. The van der Waals surface area contributed by atoms with Crippen molar-refractivity contribution in [3.8, 4) is 27.9 Å². The quantitative estimate of drug-likeness (QED) is 0.226. The number of rotatable bonds is 4. The molecule has 0 radical (unpaired) electrons. The van der Waals surface area contributed by atoms with Gasteiger partial charge in [0.2, 0.25) is 0 Å². The van der Waals surface area contributed by atoms with Crippen LogP contribution in [0.4, 0.5) is 0 Å². The highest BCUT2D eigenvalue weighted by molar-refractivity contribution is 6.21. The lowest BCUT2D eigenvalue weighted by Gasteiger charge is -2.18. The summed E-state index contributed by atoms with van der Waals surface area (Å²) < 4.78 is 113. The Morgan fingerprint density at radius 1 is 0.703 bits per heavy atom. The molecule has 0 saturated heterocycles. The van der Waals surface area contributed by atoms with Crippen molar-refractivity contribution in [3.63, 3.8) is 0 Å². The van der Waals surface area contributed by atoms with Gasteiger partial charge in [-0.05, 0) is 68.1 Å². The number of imidazole rings is 1. The van der Waals surface area contributed by atoms with Crippen molar-refractivity contribution in [3.05, 3.63) is 133 Å². The van der Waals surface area contributed by atoms with Crippen molar-refractivity contribution in [1.29, 1.82) is 0 Å². The minimum atomic E-state index is -3.09. The number of fused-ring (bicyclic) bond motifs is 3. The summed E-state index contributed by atoms with van der Waals surface area (Å²) >= 11 is 0. The van der Waals surface area contributed by atoms with E-state index in [9.17, 15) is 0 Å². The SMILES string of the molecule is [2H]c1c([2H])c([2H])c2c(-c3cccc(-n4c(C([2H])([2H])C([2H])([2H])[2H])nc5ccccc54)c3)c3c([2H])c([2H])c([2H])c([2H])c3c(-c3ccccc3)c2c1[2H]. The standard InChI is InChI=1S/C35H26N2/c1-2-33-36-31-21-10-11-22-32(31)37(33)26-16-12-15-25(23-26)35-29-19-8-6-17-27(29)34(24-13-4-3-5-14-24)28-18-7-9-20-30(28)35/h3-23H,2H2,1H3/i1D3,2D2,6D,7D,8D,9D,17D,18D,19D,20D. The van der Waals surface area contributed by atoms with Crippen molar-refractivity contribution in [2.75, 3.05) is 0 Å². The van der Waals surface area contributed by atoms with Gasteiger partial charge in [0, 0.05) is 18.9 Å². The molecule has 0 unspecified atom stereocenters. The van der Waals surface area contributed by atoms with E-state index in [4.69, 9.17) is 17.8 Å². The van der Waals surface area contributed by atoms with Gasteiger partial charge in [-0.15, -0.1) is 0 Å². The molecule has 0 spiro atoms. The van der Waals surface area contributed by atoms with Gasteiger partial charge in [-0.2, -0.15) is 0 Å². The summed E-state index contributed by atoms with van der Waals surface area (Å²) in [5.74, 6) is -0.381. The van der Waals surface area contributed by atoms with Crippen LogP contribution < -0.4 is 0 Å². The smallest absolute Gasteiger partial charge is 0.114 e. The largest absolute Gasteiger partial charge is 0.296 e. The molecule has 37 heavy (non-hydrogen) atoms. The molecule has 176 valence electrons. The first-order valence-corrected chi connectivity index (χ1v) is 11.7. The number of para-hydroxylation sites is 2. The molecule has 7 aromatic rings. The number of hydrogen-bond acceptors (Lipinski definition) is 1. The normalized spacial score (nSPS) is 17.2. The van der Waals surface area contributed by atoms with Crippen molar-refractivity contribution in [1.82, 2.24) is 9.55 Å². The van der Waals surface area contributed by atoms with Gasteiger partial charge in [0.1, 0.15) is 5.82 Å². The van der Waals surface area contributed by atoms with Crippen LogP contribution in [-0.4, -0.2) is 9.55 Å². The zero-order chi connectivity index (χ0) is 36.0. The molecule has 0 aliphatic heterocycles. The molecular weight excluding hydrogens is 448 g/mol. The molecule has 2 heteroatoms. The molecular formula is C35H26N2. The maximum absolute atomic E-state index is 9.15. The Morgan fingerprint density at radius 3 is 1.97 bits per heavy atom. The average Bonchev–Trinajstić information content (AvgIpc) is 3.50. The van der Waals surface area contributed by atoms with Gasteiger partial charge in [0.05, 0.1) is 22.0 Å². The van der Waals surface area contributed by atoms with Crippen molar-refractivity contribution >= 4 is 32.6 Å². The van der Waals surface area contributed by atoms with Gasteiger partial charge in [-0.1, -0.05) is 110 Å². The number of nitrogens with zero attached hydrogens (tertiary/aromatic N) is 2. The fraction of sp³-hybridized carbons (Fsp3) is 0.0571. The molecule has 2 nitrogen and oxygen atoms in total. The van der Waals surface area contributed by atoms with Crippen LogP contribution in [0.15, 0.2) is 127 Å². The fourth-order valence-electron chi connectivity index (χ4n) is 4.98. The van der Waals surface area contributed by atoms with Gasteiger partial charge in [0.25, 0.3) is 0 Å². The molecule has 0 aliphatic rings. The van der Waals surface area contributed by atoms with E-state index in [1.165, 1.54) is 4.57 Å². The first-order chi connectivity index (χ1) is 23.6. The number of hydrogen-bond donors (Lipinski definition) is 0. The van der Waals surface area contributed by atoms with Crippen LogP contribution in [0.3, 0.4) is 0 Å². The summed E-state index contributed by atoms with van der Waals surface area (Å²) in [4.78, 5) is 4.40. The lowest BCUT2D eigenvalue weighted by atomic mass is 9.86. The summed E-state index contributed by atoms with van der Waals surface area (Å²) in [7, 11) is 0. The van der Waals surface area contributed by atoms with Crippen LogP contribution in [0.5, 0.6) is 0 Å². The predicted molar refractivity (Wildman–Crippen MR) is 156 cm³/mol. The summed E-state index contributed by atoms with van der Waals surface area (Å²) in [6.45, 7) is -3.09. The highest BCUT2D eigenvalue weighted by Gasteiger charge is 2.17. The third-order valence-corrected chi connectivity index (χ3v) is 6.50. The van der Waals surface area contributed by atoms with E-state index in [0.717, 1.165) is 0 Å². The Balaban J connectivity index is 1.70. The van der Waals surface area contributed by atoms with Crippen molar-refractivity contribution < 1.29 is 17.8 Å². The van der Waals surface area contributed by atoms with Crippen molar-refractivity contribution in [2.24, 2.45) is 0 Å². The molecule has 0 atom stereocenters. The van der Waals surface area contributed by atoms with Crippen LogP contribution >= 0.6 is 0 Å². The number of aryl methyl sites for hydroxylation is 1.